The van der Waals surface area contributed by atoms with E-state index in [1.807, 2.05) is 12.1 Å². The van der Waals surface area contributed by atoms with E-state index in [-0.39, 0.29) is 0 Å². The van der Waals surface area contributed by atoms with E-state index < -0.39 is 0 Å². The van der Waals surface area contributed by atoms with E-state index in [9.17, 15) is 0 Å². The van der Waals surface area contributed by atoms with Gasteiger partial charge >= 0.3 is 0 Å². The normalized spacial score (nSPS) is 23.7. The molecular formula is C13H18N4O. The summed E-state index contributed by atoms with van der Waals surface area (Å²) < 4.78 is 7.25. The Hall–Kier alpha value is -1.78. The van der Waals surface area contributed by atoms with Crippen molar-refractivity contribution in [3.63, 3.8) is 0 Å². The molecule has 18 heavy (non-hydrogen) atoms. The van der Waals surface area contributed by atoms with Crippen molar-refractivity contribution in [1.29, 1.82) is 0 Å². The lowest BCUT2D eigenvalue weighted by atomic mass is 10.1. The SMILES string of the molecule is COc1ccc2nc(N)n(C3CCC(C)C3)c2n1. The van der Waals surface area contributed by atoms with Crippen molar-refractivity contribution in [2.24, 2.45) is 5.92 Å². The molecule has 5 heteroatoms. The lowest BCUT2D eigenvalue weighted by Gasteiger charge is -2.14. The molecule has 96 valence electrons. The molecule has 3 rings (SSSR count). The number of hydrogen-bond donors (Lipinski definition) is 1. The Kier molecular flexibility index (Phi) is 2.61. The summed E-state index contributed by atoms with van der Waals surface area (Å²) in [5.74, 6) is 1.91. The number of anilines is 1. The molecule has 2 N–H and O–H groups in total. The number of ether oxygens (including phenoxy) is 1. The van der Waals surface area contributed by atoms with Gasteiger partial charge in [-0.2, -0.15) is 4.98 Å². The quantitative estimate of drug-likeness (QED) is 0.883. The second kappa shape index (κ2) is 4.15. The lowest BCUT2D eigenvalue weighted by molar-refractivity contribution is 0.398. The molecule has 2 unspecified atom stereocenters. The molecule has 0 radical (unpaired) electrons. The van der Waals surface area contributed by atoms with Gasteiger partial charge in [-0.25, -0.2) is 4.98 Å². The number of aromatic nitrogens is 3. The third-order valence-corrected chi connectivity index (χ3v) is 3.78. The number of nitrogens with two attached hydrogens (primary N) is 1. The van der Waals surface area contributed by atoms with Crippen molar-refractivity contribution in [2.75, 3.05) is 12.8 Å². The van der Waals surface area contributed by atoms with Gasteiger partial charge < -0.3 is 10.5 Å². The summed E-state index contributed by atoms with van der Waals surface area (Å²) in [5, 5.41) is 0. The number of rotatable bonds is 2. The van der Waals surface area contributed by atoms with Crippen LogP contribution in [0.3, 0.4) is 0 Å². The molecule has 2 aromatic heterocycles. The molecule has 0 saturated heterocycles. The van der Waals surface area contributed by atoms with Crippen LogP contribution in [0.1, 0.15) is 32.2 Å². The highest BCUT2D eigenvalue weighted by Gasteiger charge is 2.26. The maximum Gasteiger partial charge on any atom is 0.215 e. The van der Waals surface area contributed by atoms with Crippen LogP contribution in [0, 0.1) is 5.92 Å². The Morgan fingerprint density at radius 1 is 1.33 bits per heavy atom. The first-order valence-electron chi connectivity index (χ1n) is 6.37. The highest BCUT2D eigenvalue weighted by atomic mass is 16.5. The van der Waals surface area contributed by atoms with E-state index in [0.717, 1.165) is 29.9 Å². The van der Waals surface area contributed by atoms with Crippen LogP contribution in [-0.4, -0.2) is 21.6 Å². The topological polar surface area (TPSA) is 66.0 Å². The average molecular weight is 246 g/mol. The second-order valence-electron chi connectivity index (χ2n) is 5.11. The number of fused-ring (bicyclic) bond motifs is 1. The fourth-order valence-corrected chi connectivity index (χ4v) is 2.86. The second-order valence-corrected chi connectivity index (χ2v) is 5.11. The first-order chi connectivity index (χ1) is 8.69. The molecule has 0 aliphatic heterocycles. The Morgan fingerprint density at radius 3 is 2.83 bits per heavy atom. The van der Waals surface area contributed by atoms with Crippen molar-refractivity contribution in [2.45, 2.75) is 32.2 Å². The van der Waals surface area contributed by atoms with Crippen LogP contribution in [0.5, 0.6) is 5.88 Å². The number of nitrogens with zero attached hydrogens (tertiary/aromatic N) is 3. The first-order valence-corrected chi connectivity index (χ1v) is 6.37. The zero-order valence-electron chi connectivity index (χ0n) is 10.8. The molecule has 0 aromatic carbocycles. The monoisotopic (exact) mass is 246 g/mol. The standard InChI is InChI=1S/C13H18N4O/c1-8-3-4-9(7-8)17-12-10(15-13(17)14)5-6-11(16-12)18-2/h5-6,8-9H,3-4,7H2,1-2H3,(H2,14,15). The fraction of sp³-hybridized carbons (Fsp3) is 0.538. The van der Waals surface area contributed by atoms with Gasteiger partial charge in [-0.1, -0.05) is 6.92 Å². The fourth-order valence-electron chi connectivity index (χ4n) is 2.86. The summed E-state index contributed by atoms with van der Waals surface area (Å²) in [6, 6.07) is 4.15. The smallest absolute Gasteiger partial charge is 0.215 e. The van der Waals surface area contributed by atoms with E-state index in [0.29, 0.717) is 17.9 Å². The largest absolute Gasteiger partial charge is 0.481 e. The van der Waals surface area contributed by atoms with Crippen molar-refractivity contribution in [3.8, 4) is 5.88 Å². The van der Waals surface area contributed by atoms with E-state index in [1.165, 1.54) is 6.42 Å². The molecule has 2 atom stereocenters. The summed E-state index contributed by atoms with van der Waals surface area (Å²) in [5.41, 5.74) is 7.72. The highest BCUT2D eigenvalue weighted by Crippen LogP contribution is 2.37. The summed E-state index contributed by atoms with van der Waals surface area (Å²) in [7, 11) is 1.62. The van der Waals surface area contributed by atoms with Gasteiger partial charge in [-0.3, -0.25) is 4.57 Å². The summed E-state index contributed by atoms with van der Waals surface area (Å²) in [6.45, 7) is 2.28. The molecule has 1 fully saturated rings. The summed E-state index contributed by atoms with van der Waals surface area (Å²) in [4.78, 5) is 8.86. The molecule has 0 spiro atoms. The maximum absolute atomic E-state index is 6.04. The lowest BCUT2D eigenvalue weighted by Crippen LogP contribution is -2.09. The average Bonchev–Trinajstić information content (AvgIpc) is 2.90. The number of imidazole rings is 1. The van der Waals surface area contributed by atoms with Gasteiger partial charge in [0.25, 0.3) is 0 Å². The van der Waals surface area contributed by atoms with Crippen LogP contribution in [0.4, 0.5) is 5.95 Å². The molecule has 1 aliphatic carbocycles. The van der Waals surface area contributed by atoms with Crippen LogP contribution in [0.2, 0.25) is 0 Å². The Bertz CT molecular complexity index is 578. The zero-order valence-corrected chi connectivity index (χ0v) is 10.8. The molecule has 2 aromatic rings. The van der Waals surface area contributed by atoms with Gasteiger partial charge in [0.15, 0.2) is 5.65 Å². The van der Waals surface area contributed by atoms with Crippen molar-refractivity contribution >= 4 is 17.1 Å². The number of pyridine rings is 1. The third-order valence-electron chi connectivity index (χ3n) is 3.78. The molecule has 5 nitrogen and oxygen atoms in total. The van der Waals surface area contributed by atoms with Crippen molar-refractivity contribution < 1.29 is 4.74 Å². The Morgan fingerprint density at radius 2 is 2.17 bits per heavy atom. The maximum atomic E-state index is 6.04. The molecule has 1 aliphatic rings. The van der Waals surface area contributed by atoms with Crippen LogP contribution in [0.25, 0.3) is 11.2 Å². The van der Waals surface area contributed by atoms with E-state index in [4.69, 9.17) is 10.5 Å². The van der Waals surface area contributed by atoms with Crippen molar-refractivity contribution in [3.05, 3.63) is 12.1 Å². The number of hydrogen-bond acceptors (Lipinski definition) is 4. The predicted octanol–water partition coefficient (Wildman–Crippen LogP) is 2.38. The predicted molar refractivity (Wildman–Crippen MR) is 70.5 cm³/mol. The Labute approximate surface area is 106 Å². The van der Waals surface area contributed by atoms with Crippen molar-refractivity contribution in [1.82, 2.24) is 14.5 Å². The van der Waals surface area contributed by atoms with Gasteiger partial charge in [0.1, 0.15) is 5.52 Å². The van der Waals surface area contributed by atoms with Crippen LogP contribution in [0.15, 0.2) is 12.1 Å². The summed E-state index contributed by atoms with van der Waals surface area (Å²) in [6.07, 6.45) is 3.54. The van der Waals surface area contributed by atoms with Crippen LogP contribution >= 0.6 is 0 Å². The molecule has 1 saturated carbocycles. The highest BCUT2D eigenvalue weighted by molar-refractivity contribution is 5.75. The minimum Gasteiger partial charge on any atom is -0.481 e. The first kappa shape index (κ1) is 11.3. The van der Waals surface area contributed by atoms with Gasteiger partial charge in [0.05, 0.1) is 7.11 Å². The molecule has 2 heterocycles. The molecular weight excluding hydrogens is 228 g/mol. The minimum atomic E-state index is 0.421. The van der Waals surface area contributed by atoms with Gasteiger partial charge in [-0.05, 0) is 31.2 Å². The van der Waals surface area contributed by atoms with Gasteiger partial charge in [0, 0.05) is 12.1 Å². The summed E-state index contributed by atoms with van der Waals surface area (Å²) >= 11 is 0. The van der Waals surface area contributed by atoms with Crippen LogP contribution in [-0.2, 0) is 0 Å². The third kappa shape index (κ3) is 1.70. The van der Waals surface area contributed by atoms with E-state index >= 15 is 0 Å². The number of methoxy groups -OCH3 is 1. The molecule has 0 amide bonds. The van der Waals surface area contributed by atoms with Crippen LogP contribution < -0.4 is 10.5 Å². The zero-order chi connectivity index (χ0) is 12.7. The van der Waals surface area contributed by atoms with E-state index in [2.05, 4.69) is 21.5 Å². The molecule has 0 bridgehead atoms. The number of nitrogen functional groups attached to an aromatic ring is 1. The minimum absolute atomic E-state index is 0.421. The Balaban J connectivity index is 2.11. The van der Waals surface area contributed by atoms with Gasteiger partial charge in [0.2, 0.25) is 11.8 Å². The van der Waals surface area contributed by atoms with E-state index in [1.54, 1.807) is 7.11 Å². The van der Waals surface area contributed by atoms with Gasteiger partial charge in [-0.15, -0.1) is 0 Å².